The lowest BCUT2D eigenvalue weighted by Gasteiger charge is -1.98. The fourth-order valence-electron chi connectivity index (χ4n) is 1.34. The van der Waals surface area contributed by atoms with Gasteiger partial charge in [0.15, 0.2) is 5.82 Å². The fraction of sp³-hybridized carbons (Fsp3) is 0.300. The first kappa shape index (κ1) is 14.3. The van der Waals surface area contributed by atoms with Crippen molar-refractivity contribution >= 4 is 32.7 Å². The molecule has 0 fully saturated rings. The van der Waals surface area contributed by atoms with Gasteiger partial charge in [-0.3, -0.25) is 4.18 Å². The topological polar surface area (TPSA) is 87.0 Å². The van der Waals surface area contributed by atoms with E-state index in [2.05, 4.69) is 42.2 Å². The lowest BCUT2D eigenvalue weighted by molar-refractivity contribution is 0.323. The Morgan fingerprint density at radius 3 is 2.89 bits per heavy atom. The van der Waals surface area contributed by atoms with Crippen LogP contribution in [-0.2, 0) is 20.7 Å². The summed E-state index contributed by atoms with van der Waals surface area (Å²) < 4.78 is 27.3. The third-order valence-corrected chi connectivity index (χ3v) is 3.38. The van der Waals surface area contributed by atoms with Crippen LogP contribution in [0.5, 0.6) is 0 Å². The summed E-state index contributed by atoms with van der Waals surface area (Å²) in [6.07, 6.45) is 1.29. The van der Waals surface area contributed by atoms with Gasteiger partial charge in [-0.05, 0) is 46.0 Å². The van der Waals surface area contributed by atoms with E-state index in [1.54, 1.807) is 0 Å². The summed E-state index contributed by atoms with van der Waals surface area (Å²) >= 11 is 2.19. The van der Waals surface area contributed by atoms with Crippen LogP contribution >= 0.6 is 22.6 Å². The van der Waals surface area contributed by atoms with Crippen molar-refractivity contribution in [3.63, 3.8) is 0 Å². The number of benzene rings is 1. The number of aromatic nitrogens is 4. The summed E-state index contributed by atoms with van der Waals surface area (Å²) in [5.41, 5.74) is 0.801. The van der Waals surface area contributed by atoms with E-state index in [-0.39, 0.29) is 13.0 Å². The number of hydrogen-bond donors (Lipinski definition) is 0. The van der Waals surface area contributed by atoms with E-state index in [9.17, 15) is 8.42 Å². The second kappa shape index (κ2) is 5.92. The normalized spacial score (nSPS) is 11.7. The molecule has 0 aliphatic heterocycles. The number of hydrogen-bond acceptors (Lipinski definition) is 6. The Balaban J connectivity index is 2.03. The van der Waals surface area contributed by atoms with E-state index in [1.165, 1.54) is 4.80 Å². The van der Waals surface area contributed by atoms with Gasteiger partial charge < -0.3 is 0 Å². The van der Waals surface area contributed by atoms with Crippen LogP contribution in [0, 0.1) is 3.57 Å². The monoisotopic (exact) mass is 394 g/mol. The van der Waals surface area contributed by atoms with E-state index < -0.39 is 10.1 Å². The van der Waals surface area contributed by atoms with Crippen molar-refractivity contribution < 1.29 is 12.6 Å². The van der Waals surface area contributed by atoms with Crippen molar-refractivity contribution in [2.45, 2.75) is 6.42 Å². The molecule has 1 aromatic carbocycles. The van der Waals surface area contributed by atoms with Gasteiger partial charge >= 0.3 is 0 Å². The molecule has 0 unspecified atom stereocenters. The van der Waals surface area contributed by atoms with Crippen LogP contribution in [0.4, 0.5) is 0 Å². The van der Waals surface area contributed by atoms with Gasteiger partial charge in [-0.2, -0.15) is 8.42 Å². The van der Waals surface area contributed by atoms with Crippen LogP contribution < -0.4 is 0 Å². The van der Waals surface area contributed by atoms with Crippen molar-refractivity contribution in [2.24, 2.45) is 0 Å². The highest BCUT2D eigenvalue weighted by molar-refractivity contribution is 14.1. The van der Waals surface area contributed by atoms with Crippen molar-refractivity contribution in [3.05, 3.63) is 33.7 Å². The molecule has 0 N–H and O–H groups in total. The molecule has 19 heavy (non-hydrogen) atoms. The summed E-state index contributed by atoms with van der Waals surface area (Å²) in [7, 11) is -3.43. The van der Waals surface area contributed by atoms with Gasteiger partial charge in [0.25, 0.3) is 10.1 Å². The second-order valence-electron chi connectivity index (χ2n) is 3.75. The molecule has 0 bridgehead atoms. The molecule has 0 saturated heterocycles. The molecular formula is C10H11IN4O3S. The van der Waals surface area contributed by atoms with Gasteiger partial charge in [0.2, 0.25) is 0 Å². The van der Waals surface area contributed by atoms with Crippen LogP contribution in [-0.4, -0.2) is 41.5 Å². The van der Waals surface area contributed by atoms with Gasteiger partial charge in [-0.25, -0.2) is 0 Å². The highest BCUT2D eigenvalue weighted by Gasteiger charge is 2.07. The molecular weight excluding hydrogens is 383 g/mol. The first-order chi connectivity index (χ1) is 8.94. The zero-order valence-electron chi connectivity index (χ0n) is 10.0. The fourth-order valence-corrected chi connectivity index (χ4v) is 2.25. The van der Waals surface area contributed by atoms with Crippen LogP contribution in [0.25, 0.3) is 5.69 Å². The first-order valence-corrected chi connectivity index (χ1v) is 8.23. The van der Waals surface area contributed by atoms with Crippen molar-refractivity contribution in [1.29, 1.82) is 0 Å². The standard InChI is InChI=1S/C10H11IN4O3S/c1-19(16,17)18-6-5-10-12-14-15(13-10)9-4-2-3-8(11)7-9/h2-4,7H,5-6H2,1H3. The largest absolute Gasteiger partial charge is 0.270 e. The maximum atomic E-state index is 10.8. The molecule has 102 valence electrons. The minimum atomic E-state index is -3.43. The maximum absolute atomic E-state index is 10.8. The zero-order chi connectivity index (χ0) is 13.9. The molecule has 0 aliphatic carbocycles. The summed E-state index contributed by atoms with van der Waals surface area (Å²) in [4.78, 5) is 1.40. The van der Waals surface area contributed by atoms with E-state index >= 15 is 0 Å². The number of tetrazole rings is 1. The first-order valence-electron chi connectivity index (χ1n) is 5.33. The van der Waals surface area contributed by atoms with E-state index in [1.807, 2.05) is 24.3 Å². The van der Waals surface area contributed by atoms with E-state index in [0.717, 1.165) is 15.5 Å². The summed E-state index contributed by atoms with van der Waals surface area (Å²) in [6.45, 7) is 0.0108. The lowest BCUT2D eigenvalue weighted by Crippen LogP contribution is -2.07. The minimum Gasteiger partial charge on any atom is -0.270 e. The zero-order valence-corrected chi connectivity index (χ0v) is 13.0. The predicted octanol–water partition coefficient (Wildman–Crippen LogP) is 0.786. The van der Waals surface area contributed by atoms with Crippen molar-refractivity contribution in [2.75, 3.05) is 12.9 Å². The molecule has 7 nitrogen and oxygen atoms in total. The molecule has 0 radical (unpaired) electrons. The van der Waals surface area contributed by atoms with Crippen molar-refractivity contribution in [1.82, 2.24) is 20.2 Å². The summed E-state index contributed by atoms with van der Waals surface area (Å²) in [5, 5.41) is 11.9. The lowest BCUT2D eigenvalue weighted by atomic mass is 10.3. The highest BCUT2D eigenvalue weighted by Crippen LogP contribution is 2.10. The number of rotatable bonds is 5. The Kier molecular flexibility index (Phi) is 4.47. The van der Waals surface area contributed by atoms with Crippen LogP contribution in [0.1, 0.15) is 5.82 Å². The molecule has 0 spiro atoms. The molecule has 1 heterocycles. The Morgan fingerprint density at radius 2 is 2.21 bits per heavy atom. The summed E-state index contributed by atoms with van der Waals surface area (Å²) in [6, 6.07) is 7.63. The third-order valence-electron chi connectivity index (χ3n) is 2.12. The van der Waals surface area contributed by atoms with E-state index in [4.69, 9.17) is 0 Å². The van der Waals surface area contributed by atoms with Gasteiger partial charge in [-0.1, -0.05) is 6.07 Å². The van der Waals surface area contributed by atoms with Crippen LogP contribution in [0.3, 0.4) is 0 Å². The van der Waals surface area contributed by atoms with Gasteiger partial charge in [-0.15, -0.1) is 15.0 Å². The Hall–Kier alpha value is -1.07. The average molecular weight is 394 g/mol. The number of nitrogens with zero attached hydrogens (tertiary/aromatic N) is 4. The smallest absolute Gasteiger partial charge is 0.264 e. The Bertz CT molecular complexity index is 671. The molecule has 2 aromatic rings. The third kappa shape index (κ3) is 4.51. The Morgan fingerprint density at radius 1 is 1.42 bits per heavy atom. The average Bonchev–Trinajstić information content (AvgIpc) is 2.76. The molecule has 0 atom stereocenters. The highest BCUT2D eigenvalue weighted by atomic mass is 127. The molecule has 0 saturated carbocycles. The molecule has 0 amide bonds. The van der Waals surface area contributed by atoms with Gasteiger partial charge in [0.05, 0.1) is 18.6 Å². The molecule has 0 aliphatic rings. The van der Waals surface area contributed by atoms with Gasteiger partial charge in [0.1, 0.15) is 0 Å². The maximum Gasteiger partial charge on any atom is 0.264 e. The molecule has 2 rings (SSSR count). The summed E-state index contributed by atoms with van der Waals surface area (Å²) in [5.74, 6) is 0.433. The van der Waals surface area contributed by atoms with E-state index in [0.29, 0.717) is 5.82 Å². The SMILES string of the molecule is CS(=O)(=O)OCCc1nnn(-c2cccc(I)c2)n1. The second-order valence-corrected chi connectivity index (χ2v) is 6.64. The van der Waals surface area contributed by atoms with Crippen molar-refractivity contribution in [3.8, 4) is 5.69 Å². The van der Waals surface area contributed by atoms with Crippen LogP contribution in [0.15, 0.2) is 24.3 Å². The van der Waals surface area contributed by atoms with Crippen LogP contribution in [0.2, 0.25) is 0 Å². The van der Waals surface area contributed by atoms with Gasteiger partial charge in [0, 0.05) is 9.99 Å². The Labute approximate surface area is 124 Å². The predicted molar refractivity (Wildman–Crippen MR) is 76.4 cm³/mol. The molecule has 1 aromatic heterocycles. The minimum absolute atomic E-state index is 0.0108. The molecule has 9 heteroatoms. The quantitative estimate of drug-likeness (QED) is 0.551. The number of halogens is 1.